The van der Waals surface area contributed by atoms with Crippen LogP contribution in [0.15, 0.2) is 18.2 Å². The van der Waals surface area contributed by atoms with Crippen molar-refractivity contribution in [3.63, 3.8) is 0 Å². The van der Waals surface area contributed by atoms with Crippen molar-refractivity contribution in [3.05, 3.63) is 29.0 Å². The molecule has 1 aromatic carbocycles. The minimum Gasteiger partial charge on any atom is -0.452 e. The molecule has 0 saturated heterocycles. The van der Waals surface area contributed by atoms with Crippen molar-refractivity contribution in [2.75, 3.05) is 5.32 Å². The molecular formula is C20H23ClFNO3. The third-order valence-corrected chi connectivity index (χ3v) is 6.63. The van der Waals surface area contributed by atoms with Crippen molar-refractivity contribution >= 4 is 29.2 Å². The summed E-state index contributed by atoms with van der Waals surface area (Å²) in [4.78, 5) is 25.3. The number of hydrogen-bond acceptors (Lipinski definition) is 3. The first-order valence-corrected chi connectivity index (χ1v) is 9.69. The Morgan fingerprint density at radius 2 is 1.77 bits per heavy atom. The van der Waals surface area contributed by atoms with E-state index < -0.39 is 23.2 Å². The largest absolute Gasteiger partial charge is 0.452 e. The summed E-state index contributed by atoms with van der Waals surface area (Å²) in [6.45, 7) is 1.56. The second kappa shape index (κ2) is 6.52. The molecule has 4 bridgehead atoms. The highest BCUT2D eigenvalue weighted by molar-refractivity contribution is 6.33. The van der Waals surface area contributed by atoms with E-state index >= 15 is 0 Å². The zero-order valence-corrected chi connectivity index (χ0v) is 15.5. The molecule has 4 aliphatic rings. The number of benzene rings is 1. The number of hydrogen-bond donors (Lipinski definition) is 1. The van der Waals surface area contributed by atoms with Crippen LogP contribution in [-0.4, -0.2) is 18.0 Å². The topological polar surface area (TPSA) is 55.4 Å². The highest BCUT2D eigenvalue weighted by Crippen LogP contribution is 2.60. The minimum atomic E-state index is -0.920. The minimum absolute atomic E-state index is 0.109. The third-order valence-electron chi connectivity index (χ3n) is 6.31. The summed E-state index contributed by atoms with van der Waals surface area (Å²) in [5.41, 5.74) is -0.0904. The molecule has 4 saturated carbocycles. The highest BCUT2D eigenvalue weighted by atomic mass is 35.5. The Kier molecular flexibility index (Phi) is 4.46. The maximum absolute atomic E-state index is 13.1. The van der Waals surface area contributed by atoms with E-state index in [1.165, 1.54) is 31.4 Å². The second-order valence-corrected chi connectivity index (χ2v) is 8.77. The summed E-state index contributed by atoms with van der Waals surface area (Å²) >= 11 is 5.93. The lowest BCUT2D eigenvalue weighted by Gasteiger charge is -2.55. The van der Waals surface area contributed by atoms with Crippen molar-refractivity contribution in [1.29, 1.82) is 0 Å². The number of esters is 1. The van der Waals surface area contributed by atoms with Crippen LogP contribution in [0.3, 0.4) is 0 Å². The van der Waals surface area contributed by atoms with Crippen molar-refractivity contribution in [1.82, 2.24) is 0 Å². The summed E-state index contributed by atoms with van der Waals surface area (Å²) in [6.07, 6.45) is 5.50. The van der Waals surface area contributed by atoms with E-state index in [0.717, 1.165) is 25.3 Å². The molecule has 4 nitrogen and oxygen atoms in total. The van der Waals surface area contributed by atoms with Crippen LogP contribution in [0.4, 0.5) is 10.1 Å². The summed E-state index contributed by atoms with van der Waals surface area (Å²) in [5.74, 6) is 0.734. The van der Waals surface area contributed by atoms with E-state index in [9.17, 15) is 14.0 Å². The molecule has 1 atom stereocenters. The fraction of sp³-hybridized carbons (Fsp3) is 0.600. The molecule has 0 aromatic heterocycles. The number of anilines is 1. The zero-order valence-electron chi connectivity index (χ0n) is 14.8. The van der Waals surface area contributed by atoms with Gasteiger partial charge in [-0.25, -0.2) is 4.39 Å². The van der Waals surface area contributed by atoms with E-state index in [1.807, 2.05) is 0 Å². The zero-order chi connectivity index (χ0) is 18.5. The number of nitrogens with one attached hydrogen (secondary N) is 1. The van der Waals surface area contributed by atoms with Gasteiger partial charge in [0.15, 0.2) is 6.10 Å². The molecule has 4 fully saturated rings. The van der Waals surface area contributed by atoms with E-state index in [-0.39, 0.29) is 11.0 Å². The predicted molar refractivity (Wildman–Crippen MR) is 96.2 cm³/mol. The van der Waals surface area contributed by atoms with Crippen molar-refractivity contribution < 1.29 is 18.7 Å². The lowest BCUT2D eigenvalue weighted by molar-refractivity contribution is -0.177. The summed E-state index contributed by atoms with van der Waals surface area (Å²) < 4.78 is 18.7. The van der Waals surface area contributed by atoms with Gasteiger partial charge in [0, 0.05) is 0 Å². The monoisotopic (exact) mass is 379 g/mol. The van der Waals surface area contributed by atoms with Crippen LogP contribution in [0.1, 0.15) is 45.4 Å². The predicted octanol–water partition coefficient (Wildman–Crippen LogP) is 4.57. The Morgan fingerprint density at radius 3 is 2.31 bits per heavy atom. The van der Waals surface area contributed by atoms with Gasteiger partial charge in [-0.05, 0) is 81.4 Å². The fourth-order valence-electron chi connectivity index (χ4n) is 5.52. The molecule has 0 heterocycles. The lowest BCUT2D eigenvalue weighted by Crippen LogP contribution is -2.51. The Labute approximate surface area is 157 Å². The Hall–Kier alpha value is -1.62. The van der Waals surface area contributed by atoms with Crippen LogP contribution in [0.5, 0.6) is 0 Å². The van der Waals surface area contributed by atoms with Gasteiger partial charge in [-0.1, -0.05) is 11.6 Å². The molecule has 0 aliphatic heterocycles. The lowest BCUT2D eigenvalue weighted by atomic mass is 9.49. The SMILES string of the molecule is C[C@@H](OC(=O)C12CC3CC(CC(C3)C1)C2)C(=O)Nc1ccc(F)cc1Cl. The molecule has 1 aromatic rings. The Balaban J connectivity index is 1.40. The van der Waals surface area contributed by atoms with Crippen molar-refractivity contribution in [2.24, 2.45) is 23.2 Å². The third kappa shape index (κ3) is 3.22. The Bertz CT molecular complexity index is 715. The molecular weight excluding hydrogens is 357 g/mol. The first-order chi connectivity index (χ1) is 12.3. The molecule has 6 heteroatoms. The van der Waals surface area contributed by atoms with Crippen LogP contribution in [0.25, 0.3) is 0 Å². The van der Waals surface area contributed by atoms with Gasteiger partial charge in [0.05, 0.1) is 16.1 Å². The first kappa shape index (κ1) is 17.8. The average molecular weight is 380 g/mol. The van der Waals surface area contributed by atoms with Crippen LogP contribution in [-0.2, 0) is 14.3 Å². The molecule has 1 N–H and O–H groups in total. The maximum Gasteiger partial charge on any atom is 0.312 e. The van der Waals surface area contributed by atoms with Crippen molar-refractivity contribution in [2.45, 2.75) is 51.6 Å². The number of halogens is 2. The molecule has 26 heavy (non-hydrogen) atoms. The van der Waals surface area contributed by atoms with Gasteiger partial charge in [-0.2, -0.15) is 0 Å². The van der Waals surface area contributed by atoms with Gasteiger partial charge in [0.2, 0.25) is 0 Å². The molecule has 140 valence electrons. The number of carbonyl (C=O) groups excluding carboxylic acids is 2. The number of rotatable bonds is 4. The summed E-state index contributed by atoms with van der Waals surface area (Å²) in [7, 11) is 0. The number of amides is 1. The molecule has 4 aliphatic carbocycles. The summed E-state index contributed by atoms with van der Waals surface area (Å²) in [5, 5.41) is 2.71. The van der Waals surface area contributed by atoms with Gasteiger partial charge in [-0.3, -0.25) is 9.59 Å². The van der Waals surface area contributed by atoms with Crippen LogP contribution in [0, 0.1) is 29.0 Å². The van der Waals surface area contributed by atoms with E-state index in [1.54, 1.807) is 6.92 Å². The summed E-state index contributed by atoms with van der Waals surface area (Å²) in [6, 6.07) is 3.74. The molecule has 0 radical (unpaired) electrons. The van der Waals surface area contributed by atoms with Gasteiger partial charge in [-0.15, -0.1) is 0 Å². The van der Waals surface area contributed by atoms with Gasteiger partial charge >= 0.3 is 5.97 Å². The average Bonchev–Trinajstić information content (AvgIpc) is 2.56. The van der Waals surface area contributed by atoms with E-state index in [0.29, 0.717) is 23.4 Å². The second-order valence-electron chi connectivity index (χ2n) is 8.36. The standard InChI is InChI=1S/C20H23ClFNO3/c1-11(18(24)23-17-3-2-15(22)7-16(17)21)26-19(25)20-8-12-4-13(9-20)6-14(5-12)10-20/h2-3,7,11-14H,4-6,8-10H2,1H3,(H,23,24)/t11-,12?,13?,14?,20?/m1/s1. The van der Waals surface area contributed by atoms with E-state index in [2.05, 4.69) is 5.32 Å². The van der Waals surface area contributed by atoms with Crippen LogP contribution < -0.4 is 5.32 Å². The van der Waals surface area contributed by atoms with Crippen LogP contribution >= 0.6 is 11.6 Å². The molecule has 1 amide bonds. The highest BCUT2D eigenvalue weighted by Gasteiger charge is 2.55. The molecule has 0 spiro atoms. The molecule has 5 rings (SSSR count). The number of ether oxygens (including phenoxy) is 1. The molecule has 0 unspecified atom stereocenters. The number of carbonyl (C=O) groups is 2. The van der Waals surface area contributed by atoms with E-state index in [4.69, 9.17) is 16.3 Å². The normalized spacial score (nSPS) is 33.0. The Morgan fingerprint density at radius 1 is 1.19 bits per heavy atom. The van der Waals surface area contributed by atoms with Crippen LogP contribution in [0.2, 0.25) is 5.02 Å². The van der Waals surface area contributed by atoms with Crippen molar-refractivity contribution in [3.8, 4) is 0 Å². The van der Waals surface area contributed by atoms with Gasteiger partial charge in [0.1, 0.15) is 5.82 Å². The fourth-order valence-corrected chi connectivity index (χ4v) is 5.74. The quantitative estimate of drug-likeness (QED) is 0.780. The van der Waals surface area contributed by atoms with Gasteiger partial charge in [0.25, 0.3) is 5.91 Å². The van der Waals surface area contributed by atoms with Gasteiger partial charge < -0.3 is 10.1 Å². The first-order valence-electron chi connectivity index (χ1n) is 9.31. The maximum atomic E-state index is 13.1. The smallest absolute Gasteiger partial charge is 0.312 e.